The van der Waals surface area contributed by atoms with Crippen LogP contribution < -0.4 is 5.32 Å². The van der Waals surface area contributed by atoms with Crippen LogP contribution in [0.5, 0.6) is 0 Å². The van der Waals surface area contributed by atoms with E-state index in [1.807, 2.05) is 6.92 Å². The molecule has 1 aromatic heterocycles. The van der Waals surface area contributed by atoms with Gasteiger partial charge in [-0.05, 0) is 18.6 Å². The number of carbonyl (C=O) groups excluding carboxylic acids is 3. The lowest BCUT2D eigenvalue weighted by Gasteiger charge is -2.20. The van der Waals surface area contributed by atoms with Gasteiger partial charge in [0.2, 0.25) is 5.91 Å². The summed E-state index contributed by atoms with van der Waals surface area (Å²) in [4.78, 5) is 43.7. The average Bonchev–Trinajstić information content (AvgIpc) is 2.55. The third-order valence-corrected chi connectivity index (χ3v) is 2.68. The molecule has 1 N–H and O–H groups in total. The Hall–Kier alpha value is -2.54. The summed E-state index contributed by atoms with van der Waals surface area (Å²) < 4.78 is 0. The molecule has 0 spiro atoms. The molecule has 0 saturated heterocycles. The van der Waals surface area contributed by atoms with Crippen LogP contribution in [0.2, 0.25) is 0 Å². The molecule has 0 aliphatic carbocycles. The highest BCUT2D eigenvalue weighted by atomic mass is 16.7. The fourth-order valence-electron chi connectivity index (χ4n) is 1.70. The van der Waals surface area contributed by atoms with Crippen molar-refractivity contribution in [1.29, 1.82) is 0 Å². The summed E-state index contributed by atoms with van der Waals surface area (Å²) in [6.45, 7) is 2.16. The van der Waals surface area contributed by atoms with Crippen LogP contribution in [-0.4, -0.2) is 48.3 Å². The minimum absolute atomic E-state index is 0.0966. The predicted molar refractivity (Wildman–Crippen MR) is 80.3 cm³/mol. The van der Waals surface area contributed by atoms with Gasteiger partial charge in [-0.25, -0.2) is 5.06 Å². The van der Waals surface area contributed by atoms with E-state index >= 15 is 0 Å². The number of rotatable bonds is 8. The molecular weight excluding hydrogens is 286 g/mol. The number of aldehydes is 1. The highest BCUT2D eigenvalue weighted by Crippen LogP contribution is 2.15. The summed E-state index contributed by atoms with van der Waals surface area (Å²) in [6, 6.07) is 5.04. The molecule has 0 aliphatic rings. The van der Waals surface area contributed by atoms with Gasteiger partial charge < -0.3 is 10.1 Å². The number of hydrogen-bond acceptors (Lipinski definition) is 5. The Morgan fingerprint density at radius 3 is 2.73 bits per heavy atom. The van der Waals surface area contributed by atoms with Crippen LogP contribution >= 0.6 is 0 Å². The maximum atomic E-state index is 12.5. The monoisotopic (exact) mass is 305 g/mol. The number of hydrogen-bond donors (Lipinski definition) is 1. The Kier molecular flexibility index (Phi) is 7.49. The Bertz CT molecular complexity index is 543. The van der Waals surface area contributed by atoms with Crippen molar-refractivity contribution in [3.8, 4) is 0 Å². The molecule has 22 heavy (non-hydrogen) atoms. The Balaban J connectivity index is 3.11. The lowest BCUT2D eigenvalue weighted by molar-refractivity contribution is -0.169. The molecular formula is C15H19N3O4. The van der Waals surface area contributed by atoms with E-state index < -0.39 is 11.8 Å². The maximum Gasteiger partial charge on any atom is 0.279 e. The predicted octanol–water partition coefficient (Wildman–Crippen LogP) is 0.580. The molecule has 7 heteroatoms. The van der Waals surface area contributed by atoms with E-state index in [-0.39, 0.29) is 12.1 Å². The molecule has 0 aromatic carbocycles. The van der Waals surface area contributed by atoms with Gasteiger partial charge in [0.15, 0.2) is 0 Å². The minimum atomic E-state index is -0.548. The van der Waals surface area contributed by atoms with E-state index in [0.717, 1.165) is 11.1 Å². The van der Waals surface area contributed by atoms with Gasteiger partial charge in [0.1, 0.15) is 6.29 Å². The number of nitrogens with one attached hydrogen (secondary N) is 1. The lowest BCUT2D eigenvalue weighted by atomic mass is 10.1. The first-order valence-corrected chi connectivity index (χ1v) is 6.84. The Morgan fingerprint density at radius 2 is 2.18 bits per heavy atom. The van der Waals surface area contributed by atoms with Crippen molar-refractivity contribution < 1.29 is 19.2 Å². The van der Waals surface area contributed by atoms with Crippen molar-refractivity contribution >= 4 is 23.7 Å². The summed E-state index contributed by atoms with van der Waals surface area (Å²) in [6.07, 6.45) is 3.91. The summed E-state index contributed by atoms with van der Waals surface area (Å²) in [5.74, 6) is -1.02. The molecule has 1 rings (SSSR count). The second-order valence-electron chi connectivity index (χ2n) is 4.27. The molecule has 0 bridgehead atoms. The summed E-state index contributed by atoms with van der Waals surface area (Å²) >= 11 is 0. The smallest absolute Gasteiger partial charge is 0.279 e. The van der Waals surface area contributed by atoms with Gasteiger partial charge in [-0.2, -0.15) is 0 Å². The summed E-state index contributed by atoms with van der Waals surface area (Å²) in [5, 5.41) is 3.51. The molecule has 2 amide bonds. The molecule has 0 unspecified atom stereocenters. The first-order chi connectivity index (χ1) is 10.6. The number of carbonyl (C=O) groups is 3. The molecule has 0 radical (unpaired) electrons. The van der Waals surface area contributed by atoms with E-state index in [1.165, 1.54) is 13.3 Å². The number of nitrogens with zero attached hydrogens (tertiary/aromatic N) is 2. The van der Waals surface area contributed by atoms with Gasteiger partial charge in [0.25, 0.3) is 5.91 Å². The van der Waals surface area contributed by atoms with Crippen LogP contribution in [-0.2, 0) is 19.2 Å². The molecule has 1 heterocycles. The van der Waals surface area contributed by atoms with Crippen LogP contribution in [0.25, 0.3) is 5.57 Å². The Morgan fingerprint density at radius 1 is 1.41 bits per heavy atom. The highest BCUT2D eigenvalue weighted by Gasteiger charge is 2.21. The standard InChI is InChI=1S/C15H19N3O4/c1-3-9-18(22-2)15(21)12(11-14(20)17-8-10-19)13-6-4-5-7-16-13/h4-7,10-11H,3,8-9H2,1-2H3,(H,17,20). The summed E-state index contributed by atoms with van der Waals surface area (Å²) in [7, 11) is 1.38. The molecule has 118 valence electrons. The topological polar surface area (TPSA) is 88.6 Å². The van der Waals surface area contributed by atoms with Crippen LogP contribution in [0.3, 0.4) is 0 Å². The van der Waals surface area contributed by atoms with E-state index in [4.69, 9.17) is 4.84 Å². The number of amides is 2. The van der Waals surface area contributed by atoms with Crippen molar-refractivity contribution in [3.63, 3.8) is 0 Å². The number of aromatic nitrogens is 1. The molecule has 0 saturated carbocycles. The second-order valence-corrected chi connectivity index (χ2v) is 4.27. The van der Waals surface area contributed by atoms with Gasteiger partial charge in [-0.3, -0.25) is 19.4 Å². The van der Waals surface area contributed by atoms with Crippen molar-refractivity contribution in [2.75, 3.05) is 20.2 Å². The second kappa shape index (κ2) is 9.41. The number of hydroxylamine groups is 2. The van der Waals surface area contributed by atoms with E-state index in [9.17, 15) is 14.4 Å². The zero-order chi connectivity index (χ0) is 16.4. The van der Waals surface area contributed by atoms with Crippen molar-refractivity contribution in [1.82, 2.24) is 15.4 Å². The average molecular weight is 305 g/mol. The normalized spacial score (nSPS) is 10.9. The number of pyridine rings is 1. The maximum absolute atomic E-state index is 12.5. The van der Waals surface area contributed by atoms with E-state index in [1.54, 1.807) is 18.2 Å². The van der Waals surface area contributed by atoms with Gasteiger partial charge in [0, 0.05) is 18.8 Å². The molecule has 0 aliphatic heterocycles. The van der Waals surface area contributed by atoms with Crippen LogP contribution in [0.4, 0.5) is 0 Å². The quantitative estimate of drug-likeness (QED) is 0.431. The summed E-state index contributed by atoms with van der Waals surface area (Å²) in [5.41, 5.74) is 0.450. The third kappa shape index (κ3) is 5.10. The molecule has 7 nitrogen and oxygen atoms in total. The first-order valence-electron chi connectivity index (χ1n) is 6.84. The van der Waals surface area contributed by atoms with Crippen molar-refractivity contribution in [3.05, 3.63) is 36.2 Å². The molecule has 0 atom stereocenters. The fraction of sp³-hybridized carbons (Fsp3) is 0.333. The van der Waals surface area contributed by atoms with Gasteiger partial charge >= 0.3 is 0 Å². The molecule has 1 aromatic rings. The van der Waals surface area contributed by atoms with Crippen molar-refractivity contribution in [2.45, 2.75) is 13.3 Å². The van der Waals surface area contributed by atoms with Gasteiger partial charge in [0.05, 0.1) is 24.9 Å². The largest absolute Gasteiger partial charge is 0.346 e. The van der Waals surface area contributed by atoms with E-state index in [2.05, 4.69) is 10.3 Å². The minimum Gasteiger partial charge on any atom is -0.346 e. The van der Waals surface area contributed by atoms with Crippen LogP contribution in [0, 0.1) is 0 Å². The lowest BCUT2D eigenvalue weighted by Crippen LogP contribution is -2.32. The van der Waals surface area contributed by atoms with Gasteiger partial charge in [-0.1, -0.05) is 13.0 Å². The third-order valence-electron chi connectivity index (χ3n) is 2.68. The fourth-order valence-corrected chi connectivity index (χ4v) is 1.70. The van der Waals surface area contributed by atoms with Crippen molar-refractivity contribution in [2.24, 2.45) is 0 Å². The molecule has 0 fully saturated rings. The van der Waals surface area contributed by atoms with Gasteiger partial charge in [-0.15, -0.1) is 0 Å². The zero-order valence-electron chi connectivity index (χ0n) is 12.6. The Labute approximate surface area is 128 Å². The van der Waals surface area contributed by atoms with Crippen LogP contribution in [0.15, 0.2) is 30.5 Å². The SMILES string of the molecule is CCCN(OC)C(=O)C(=CC(=O)NCC=O)c1ccccn1. The van der Waals surface area contributed by atoms with E-state index in [0.29, 0.717) is 24.9 Å². The zero-order valence-corrected chi connectivity index (χ0v) is 12.6. The highest BCUT2D eigenvalue weighted by molar-refractivity contribution is 6.22. The first kappa shape index (κ1) is 17.5. The van der Waals surface area contributed by atoms with Crippen LogP contribution in [0.1, 0.15) is 19.0 Å².